The Hall–Kier alpha value is -1.61. The molecule has 0 fully saturated rings. The smallest absolute Gasteiger partial charge is 0.0550 e. The molecule has 2 atom stereocenters. The maximum Gasteiger partial charge on any atom is 0.0550 e. The maximum absolute atomic E-state index is 4.32. The zero-order chi connectivity index (χ0) is 13.7. The molecule has 0 aliphatic rings. The van der Waals surface area contributed by atoms with Gasteiger partial charge in [0.15, 0.2) is 0 Å². The second-order valence-electron chi connectivity index (χ2n) is 5.01. The lowest BCUT2D eigenvalue weighted by atomic mass is 10.0. The highest BCUT2D eigenvalue weighted by Crippen LogP contribution is 2.16. The van der Waals surface area contributed by atoms with Gasteiger partial charge in [0.2, 0.25) is 0 Å². The van der Waals surface area contributed by atoms with Crippen LogP contribution < -0.4 is 5.32 Å². The molecule has 1 N–H and O–H groups in total. The van der Waals surface area contributed by atoms with E-state index in [0.717, 1.165) is 13.1 Å². The van der Waals surface area contributed by atoms with Crippen LogP contribution in [0.3, 0.4) is 0 Å². The SMILES string of the molecule is CCn1nccc1C(C)NCC(C)c1ccccc1. The Balaban J connectivity index is 1.92. The Morgan fingerprint density at radius 2 is 1.89 bits per heavy atom. The average Bonchev–Trinajstić information content (AvgIpc) is 2.93. The Kier molecular flexibility index (Phi) is 4.74. The van der Waals surface area contributed by atoms with Gasteiger partial charge in [0, 0.05) is 25.3 Å². The maximum atomic E-state index is 4.32. The summed E-state index contributed by atoms with van der Waals surface area (Å²) >= 11 is 0. The second kappa shape index (κ2) is 6.53. The van der Waals surface area contributed by atoms with Crippen molar-refractivity contribution in [2.45, 2.75) is 39.3 Å². The lowest BCUT2D eigenvalue weighted by molar-refractivity contribution is 0.492. The van der Waals surface area contributed by atoms with Crippen LogP contribution in [0.1, 0.15) is 44.0 Å². The number of nitrogens with one attached hydrogen (secondary N) is 1. The van der Waals surface area contributed by atoms with Crippen molar-refractivity contribution in [2.24, 2.45) is 0 Å². The minimum absolute atomic E-state index is 0.327. The fourth-order valence-corrected chi connectivity index (χ4v) is 2.33. The van der Waals surface area contributed by atoms with Gasteiger partial charge in [-0.2, -0.15) is 5.10 Å². The third-order valence-corrected chi connectivity index (χ3v) is 3.59. The molecule has 1 heterocycles. The van der Waals surface area contributed by atoms with E-state index < -0.39 is 0 Å². The van der Waals surface area contributed by atoms with Crippen molar-refractivity contribution in [2.75, 3.05) is 6.54 Å². The van der Waals surface area contributed by atoms with Crippen LogP contribution in [0, 0.1) is 0 Å². The summed E-state index contributed by atoms with van der Waals surface area (Å²) in [6, 6.07) is 13.1. The second-order valence-corrected chi connectivity index (χ2v) is 5.01. The summed E-state index contributed by atoms with van der Waals surface area (Å²) in [5.74, 6) is 0.515. The van der Waals surface area contributed by atoms with E-state index in [1.54, 1.807) is 0 Å². The van der Waals surface area contributed by atoms with Gasteiger partial charge in [0.25, 0.3) is 0 Å². The molecule has 0 amide bonds. The summed E-state index contributed by atoms with van der Waals surface area (Å²) in [6.45, 7) is 8.46. The predicted octanol–water partition coefficient (Wildman–Crippen LogP) is 3.36. The Bertz CT molecular complexity index is 490. The van der Waals surface area contributed by atoms with Crippen molar-refractivity contribution < 1.29 is 0 Å². The van der Waals surface area contributed by atoms with E-state index in [-0.39, 0.29) is 0 Å². The van der Waals surface area contributed by atoms with E-state index in [4.69, 9.17) is 0 Å². The van der Waals surface area contributed by atoms with E-state index in [2.05, 4.69) is 67.6 Å². The molecule has 2 aromatic rings. The zero-order valence-electron chi connectivity index (χ0n) is 12.0. The third-order valence-electron chi connectivity index (χ3n) is 3.59. The molecule has 3 heteroatoms. The third kappa shape index (κ3) is 3.44. The average molecular weight is 257 g/mol. The number of benzene rings is 1. The van der Waals surface area contributed by atoms with E-state index in [9.17, 15) is 0 Å². The topological polar surface area (TPSA) is 29.9 Å². The van der Waals surface area contributed by atoms with E-state index in [0.29, 0.717) is 12.0 Å². The molecule has 0 radical (unpaired) electrons. The largest absolute Gasteiger partial charge is 0.308 e. The van der Waals surface area contributed by atoms with Crippen molar-refractivity contribution in [3.8, 4) is 0 Å². The highest BCUT2D eigenvalue weighted by atomic mass is 15.3. The van der Waals surface area contributed by atoms with Crippen molar-refractivity contribution in [3.05, 3.63) is 53.9 Å². The predicted molar refractivity (Wildman–Crippen MR) is 79.2 cm³/mol. The molecule has 0 spiro atoms. The molecular weight excluding hydrogens is 234 g/mol. The van der Waals surface area contributed by atoms with E-state index in [1.807, 2.05) is 10.9 Å². The Labute approximate surface area is 115 Å². The first-order chi connectivity index (χ1) is 9.22. The molecule has 102 valence electrons. The molecular formula is C16H23N3. The molecule has 0 aliphatic heterocycles. The zero-order valence-corrected chi connectivity index (χ0v) is 12.0. The lowest BCUT2D eigenvalue weighted by Gasteiger charge is -2.19. The first kappa shape index (κ1) is 13.8. The van der Waals surface area contributed by atoms with Crippen LogP contribution in [0.5, 0.6) is 0 Å². The number of aryl methyl sites for hydroxylation is 1. The fourth-order valence-electron chi connectivity index (χ4n) is 2.33. The minimum atomic E-state index is 0.327. The lowest BCUT2D eigenvalue weighted by Crippen LogP contribution is -2.25. The summed E-state index contributed by atoms with van der Waals surface area (Å²) in [5, 5.41) is 7.91. The van der Waals surface area contributed by atoms with Crippen molar-refractivity contribution >= 4 is 0 Å². The van der Waals surface area contributed by atoms with E-state index >= 15 is 0 Å². The summed E-state index contributed by atoms with van der Waals surface area (Å²) in [7, 11) is 0. The molecule has 1 aromatic carbocycles. The van der Waals surface area contributed by atoms with Crippen LogP contribution in [0.2, 0.25) is 0 Å². The van der Waals surface area contributed by atoms with Gasteiger partial charge in [-0.3, -0.25) is 4.68 Å². The van der Waals surface area contributed by atoms with Crippen LogP contribution in [0.4, 0.5) is 0 Å². The van der Waals surface area contributed by atoms with Crippen LogP contribution in [0.25, 0.3) is 0 Å². The Morgan fingerprint density at radius 1 is 1.16 bits per heavy atom. The van der Waals surface area contributed by atoms with Crippen molar-refractivity contribution in [1.29, 1.82) is 0 Å². The number of hydrogen-bond donors (Lipinski definition) is 1. The molecule has 0 saturated carbocycles. The van der Waals surface area contributed by atoms with E-state index in [1.165, 1.54) is 11.3 Å². The highest BCUT2D eigenvalue weighted by Gasteiger charge is 2.12. The van der Waals surface area contributed by atoms with Gasteiger partial charge in [0.1, 0.15) is 0 Å². The van der Waals surface area contributed by atoms with Crippen LogP contribution in [-0.2, 0) is 6.54 Å². The standard InChI is InChI=1S/C16H23N3/c1-4-19-16(10-11-18-19)14(3)17-12-13(2)15-8-6-5-7-9-15/h5-11,13-14,17H,4,12H2,1-3H3. The van der Waals surface area contributed by atoms with Crippen LogP contribution in [-0.4, -0.2) is 16.3 Å². The number of hydrogen-bond acceptors (Lipinski definition) is 2. The fraction of sp³-hybridized carbons (Fsp3) is 0.438. The van der Waals surface area contributed by atoms with Crippen LogP contribution in [0.15, 0.2) is 42.6 Å². The quantitative estimate of drug-likeness (QED) is 0.860. The normalized spacial score (nSPS) is 14.3. The van der Waals surface area contributed by atoms with Gasteiger partial charge in [-0.1, -0.05) is 37.3 Å². The Morgan fingerprint density at radius 3 is 2.58 bits per heavy atom. The molecule has 1 aromatic heterocycles. The summed E-state index contributed by atoms with van der Waals surface area (Å²) < 4.78 is 2.05. The molecule has 19 heavy (non-hydrogen) atoms. The van der Waals surface area contributed by atoms with Gasteiger partial charge in [-0.15, -0.1) is 0 Å². The van der Waals surface area contributed by atoms with Gasteiger partial charge >= 0.3 is 0 Å². The molecule has 3 nitrogen and oxygen atoms in total. The summed E-state index contributed by atoms with van der Waals surface area (Å²) in [4.78, 5) is 0. The highest BCUT2D eigenvalue weighted by molar-refractivity contribution is 5.19. The first-order valence-electron chi connectivity index (χ1n) is 7.02. The number of aromatic nitrogens is 2. The monoisotopic (exact) mass is 257 g/mol. The minimum Gasteiger partial charge on any atom is -0.308 e. The van der Waals surface area contributed by atoms with Gasteiger partial charge in [-0.05, 0) is 31.4 Å². The summed E-state index contributed by atoms with van der Waals surface area (Å²) in [6.07, 6.45) is 1.87. The molecule has 2 unspecified atom stereocenters. The first-order valence-corrected chi connectivity index (χ1v) is 7.02. The number of nitrogens with zero attached hydrogens (tertiary/aromatic N) is 2. The van der Waals surface area contributed by atoms with Crippen LogP contribution >= 0.6 is 0 Å². The van der Waals surface area contributed by atoms with Gasteiger partial charge in [-0.25, -0.2) is 0 Å². The number of rotatable bonds is 6. The van der Waals surface area contributed by atoms with Gasteiger partial charge in [0.05, 0.1) is 5.69 Å². The molecule has 0 aliphatic carbocycles. The van der Waals surface area contributed by atoms with Crippen molar-refractivity contribution in [1.82, 2.24) is 15.1 Å². The van der Waals surface area contributed by atoms with Crippen molar-refractivity contribution in [3.63, 3.8) is 0 Å². The molecule has 0 bridgehead atoms. The molecule has 2 rings (SSSR count). The summed E-state index contributed by atoms with van der Waals surface area (Å²) in [5.41, 5.74) is 2.63. The van der Waals surface area contributed by atoms with Gasteiger partial charge < -0.3 is 5.32 Å². The molecule has 0 saturated heterocycles.